The Kier molecular flexibility index (Phi) is 4.77. The van der Waals surface area contributed by atoms with Crippen molar-refractivity contribution in [3.8, 4) is 0 Å². The normalized spacial score (nSPS) is 13.1. The fourth-order valence-corrected chi connectivity index (χ4v) is 1.74. The molecule has 0 bridgehead atoms. The van der Waals surface area contributed by atoms with E-state index in [1.54, 1.807) is 25.1 Å². The average molecular weight is 275 g/mol. The van der Waals surface area contributed by atoms with Crippen LogP contribution in [0.5, 0.6) is 0 Å². The van der Waals surface area contributed by atoms with Crippen LogP contribution < -0.4 is 5.73 Å². The van der Waals surface area contributed by atoms with Crippen molar-refractivity contribution < 1.29 is 18.4 Å². The fourth-order valence-electron chi connectivity index (χ4n) is 1.74. The maximum absolute atomic E-state index is 12.2. The lowest BCUT2D eigenvalue weighted by Crippen LogP contribution is -2.30. The summed E-state index contributed by atoms with van der Waals surface area (Å²) in [5.74, 6) is -0.0294. The minimum absolute atomic E-state index is 0.0294. The summed E-state index contributed by atoms with van der Waals surface area (Å²) in [6.45, 7) is 0.987. The number of nitrogens with two attached hydrogens (primary N) is 1. The molecule has 0 unspecified atom stereocenters. The summed E-state index contributed by atoms with van der Waals surface area (Å²) >= 11 is 0. The van der Waals surface area contributed by atoms with Crippen LogP contribution in [-0.4, -0.2) is 35.7 Å². The molecule has 0 aliphatic carbocycles. The summed E-state index contributed by atoms with van der Waals surface area (Å²) in [4.78, 5) is 1.19. The summed E-state index contributed by atoms with van der Waals surface area (Å²) in [6, 6.07) is 4.96. The lowest BCUT2D eigenvalue weighted by Gasteiger charge is -2.19. The van der Waals surface area contributed by atoms with Gasteiger partial charge in [-0.3, -0.25) is 4.90 Å². The molecule has 0 radical (unpaired) electrons. The number of amidine groups is 1. The molecule has 19 heavy (non-hydrogen) atoms. The molecular formula is C12H16F3N3O. The summed E-state index contributed by atoms with van der Waals surface area (Å²) in [5, 5.41) is 11.4. The predicted molar refractivity (Wildman–Crippen MR) is 66.1 cm³/mol. The molecule has 0 saturated heterocycles. The zero-order valence-corrected chi connectivity index (χ0v) is 10.7. The van der Waals surface area contributed by atoms with Crippen molar-refractivity contribution in [1.82, 2.24) is 4.90 Å². The number of aryl methyl sites for hydroxylation is 1. The SMILES string of the molecule is Cc1cc(/C(N)=N/O)ccc1CN(C)CC(F)(F)F. The van der Waals surface area contributed by atoms with Gasteiger partial charge in [0.1, 0.15) is 0 Å². The Morgan fingerprint density at radius 2 is 2.05 bits per heavy atom. The summed E-state index contributed by atoms with van der Waals surface area (Å²) in [5.41, 5.74) is 7.52. The van der Waals surface area contributed by atoms with E-state index in [-0.39, 0.29) is 12.4 Å². The molecule has 7 heteroatoms. The number of benzene rings is 1. The molecule has 0 saturated carbocycles. The molecule has 3 N–H and O–H groups in total. The zero-order valence-electron chi connectivity index (χ0n) is 10.7. The van der Waals surface area contributed by atoms with Crippen LogP contribution in [0.3, 0.4) is 0 Å². The molecule has 0 fully saturated rings. The number of hydrogen-bond donors (Lipinski definition) is 2. The zero-order chi connectivity index (χ0) is 14.6. The van der Waals surface area contributed by atoms with Gasteiger partial charge in [0.25, 0.3) is 0 Å². The average Bonchev–Trinajstić information content (AvgIpc) is 2.28. The van der Waals surface area contributed by atoms with Crippen LogP contribution in [0.1, 0.15) is 16.7 Å². The minimum atomic E-state index is -4.21. The van der Waals surface area contributed by atoms with E-state index in [2.05, 4.69) is 5.16 Å². The van der Waals surface area contributed by atoms with Gasteiger partial charge in [-0.25, -0.2) is 0 Å². The van der Waals surface area contributed by atoms with E-state index in [1.165, 1.54) is 11.9 Å². The van der Waals surface area contributed by atoms with Gasteiger partial charge in [-0.1, -0.05) is 17.3 Å². The van der Waals surface area contributed by atoms with Crippen LogP contribution >= 0.6 is 0 Å². The van der Waals surface area contributed by atoms with Gasteiger partial charge >= 0.3 is 6.18 Å². The predicted octanol–water partition coefficient (Wildman–Crippen LogP) is 2.08. The standard InChI is InChI=1S/C12H16F3N3O/c1-8-5-9(11(16)17-19)3-4-10(8)6-18(2)7-12(13,14)15/h3-5,19H,6-7H2,1-2H3,(H2,16,17). The van der Waals surface area contributed by atoms with E-state index >= 15 is 0 Å². The lowest BCUT2D eigenvalue weighted by atomic mass is 10.0. The van der Waals surface area contributed by atoms with Crippen LogP contribution in [0, 0.1) is 6.92 Å². The van der Waals surface area contributed by atoms with Crippen molar-refractivity contribution in [3.05, 3.63) is 34.9 Å². The first kappa shape index (κ1) is 15.3. The molecule has 0 aliphatic rings. The first-order valence-corrected chi connectivity index (χ1v) is 5.55. The highest BCUT2D eigenvalue weighted by Gasteiger charge is 2.29. The first-order valence-electron chi connectivity index (χ1n) is 5.55. The largest absolute Gasteiger partial charge is 0.409 e. The van der Waals surface area contributed by atoms with Crippen LogP contribution in [0.4, 0.5) is 13.2 Å². The van der Waals surface area contributed by atoms with E-state index in [1.807, 2.05) is 0 Å². The van der Waals surface area contributed by atoms with Gasteiger partial charge in [-0.2, -0.15) is 13.2 Å². The van der Waals surface area contributed by atoms with Crippen LogP contribution in [0.2, 0.25) is 0 Å². The Labute approximate surface area is 109 Å². The van der Waals surface area contributed by atoms with E-state index in [0.29, 0.717) is 5.56 Å². The van der Waals surface area contributed by atoms with E-state index < -0.39 is 12.7 Å². The van der Waals surface area contributed by atoms with E-state index in [4.69, 9.17) is 10.9 Å². The van der Waals surface area contributed by atoms with Crippen LogP contribution in [0.25, 0.3) is 0 Å². The van der Waals surface area contributed by atoms with Gasteiger partial charge in [-0.05, 0) is 31.2 Å². The molecule has 0 atom stereocenters. The number of hydrogen-bond acceptors (Lipinski definition) is 3. The van der Waals surface area contributed by atoms with Crippen molar-refractivity contribution >= 4 is 5.84 Å². The Hall–Kier alpha value is -1.76. The van der Waals surface area contributed by atoms with Crippen molar-refractivity contribution in [2.45, 2.75) is 19.6 Å². The molecule has 0 aromatic heterocycles. The Balaban J connectivity index is 2.81. The van der Waals surface area contributed by atoms with Gasteiger partial charge in [0.15, 0.2) is 5.84 Å². The topological polar surface area (TPSA) is 61.9 Å². The molecule has 0 amide bonds. The molecule has 0 spiro atoms. The quantitative estimate of drug-likeness (QED) is 0.383. The van der Waals surface area contributed by atoms with Crippen molar-refractivity contribution in [1.29, 1.82) is 0 Å². The van der Waals surface area contributed by atoms with E-state index in [9.17, 15) is 13.2 Å². The van der Waals surface area contributed by atoms with E-state index in [0.717, 1.165) is 11.1 Å². The highest BCUT2D eigenvalue weighted by Crippen LogP contribution is 2.18. The Bertz CT molecular complexity index is 472. The molecule has 0 aliphatic heterocycles. The molecule has 1 rings (SSSR count). The minimum Gasteiger partial charge on any atom is -0.409 e. The molecule has 1 aromatic rings. The number of oxime groups is 1. The molecular weight excluding hydrogens is 259 g/mol. The summed E-state index contributed by atoms with van der Waals surface area (Å²) in [7, 11) is 1.41. The van der Waals surface area contributed by atoms with Gasteiger partial charge in [0.05, 0.1) is 6.54 Å². The maximum Gasteiger partial charge on any atom is 0.401 e. The van der Waals surface area contributed by atoms with Crippen LogP contribution in [-0.2, 0) is 6.54 Å². The molecule has 1 aromatic carbocycles. The summed E-state index contributed by atoms with van der Waals surface area (Å²) < 4.78 is 36.7. The molecule has 0 heterocycles. The number of alkyl halides is 3. The Morgan fingerprint density at radius 1 is 1.42 bits per heavy atom. The monoisotopic (exact) mass is 275 g/mol. The molecule has 106 valence electrons. The van der Waals surface area contributed by atoms with Crippen LogP contribution in [0.15, 0.2) is 23.4 Å². The van der Waals surface area contributed by atoms with Crippen molar-refractivity contribution in [2.75, 3.05) is 13.6 Å². The highest BCUT2D eigenvalue weighted by molar-refractivity contribution is 5.97. The van der Waals surface area contributed by atoms with Gasteiger partial charge in [0.2, 0.25) is 0 Å². The van der Waals surface area contributed by atoms with Gasteiger partial charge in [0, 0.05) is 12.1 Å². The lowest BCUT2D eigenvalue weighted by molar-refractivity contribution is -0.144. The smallest absolute Gasteiger partial charge is 0.401 e. The number of nitrogens with zero attached hydrogens (tertiary/aromatic N) is 2. The second kappa shape index (κ2) is 5.92. The first-order chi connectivity index (χ1) is 8.73. The fraction of sp³-hybridized carbons (Fsp3) is 0.417. The van der Waals surface area contributed by atoms with Crippen molar-refractivity contribution in [2.24, 2.45) is 10.9 Å². The van der Waals surface area contributed by atoms with Crippen molar-refractivity contribution in [3.63, 3.8) is 0 Å². The second-order valence-corrected chi connectivity index (χ2v) is 4.41. The Morgan fingerprint density at radius 3 is 2.53 bits per heavy atom. The molecule has 4 nitrogen and oxygen atoms in total. The third-order valence-electron chi connectivity index (χ3n) is 2.64. The third-order valence-corrected chi connectivity index (χ3v) is 2.64. The number of rotatable bonds is 4. The van der Waals surface area contributed by atoms with Gasteiger partial charge in [-0.15, -0.1) is 0 Å². The maximum atomic E-state index is 12.2. The third kappa shape index (κ3) is 4.78. The summed E-state index contributed by atoms with van der Waals surface area (Å²) in [6.07, 6.45) is -4.21. The highest BCUT2D eigenvalue weighted by atomic mass is 19.4. The van der Waals surface area contributed by atoms with Gasteiger partial charge < -0.3 is 10.9 Å². The number of halogens is 3. The second-order valence-electron chi connectivity index (χ2n) is 4.41.